The molecule has 2 heterocycles. The van der Waals surface area contributed by atoms with Gasteiger partial charge in [0.15, 0.2) is 5.82 Å². The van der Waals surface area contributed by atoms with Gasteiger partial charge in [-0.2, -0.15) is 0 Å². The van der Waals surface area contributed by atoms with Gasteiger partial charge in [-0.25, -0.2) is 9.78 Å². The van der Waals surface area contributed by atoms with Gasteiger partial charge in [-0.3, -0.25) is 4.40 Å². The molecular formula is C15H15N3O2. The standard InChI is InChI=1S/C15H15N3O2/c1-3-10-17(4-2)15-12(8-9-14(19)20)18-11-6-5-7-13(18)16-15/h1,5-9,11H,4,10H2,2H3,(H,19,20)/b9-8+. The number of imidazole rings is 1. The summed E-state index contributed by atoms with van der Waals surface area (Å²) < 4.78 is 1.84. The lowest BCUT2D eigenvalue weighted by atomic mass is 10.3. The number of aliphatic carboxylic acids is 1. The molecule has 2 rings (SSSR count). The molecule has 0 aliphatic rings. The Labute approximate surface area is 117 Å². The van der Waals surface area contributed by atoms with Crippen molar-refractivity contribution < 1.29 is 9.90 Å². The first-order valence-electron chi connectivity index (χ1n) is 6.24. The van der Waals surface area contributed by atoms with E-state index in [-0.39, 0.29) is 0 Å². The molecule has 0 aromatic carbocycles. The quantitative estimate of drug-likeness (QED) is 0.665. The van der Waals surface area contributed by atoms with Gasteiger partial charge in [0.25, 0.3) is 0 Å². The summed E-state index contributed by atoms with van der Waals surface area (Å²) in [5.74, 6) is 2.28. The summed E-state index contributed by atoms with van der Waals surface area (Å²) in [6.45, 7) is 3.10. The van der Waals surface area contributed by atoms with Crippen molar-refractivity contribution in [3.8, 4) is 12.3 Å². The number of nitrogens with zero attached hydrogens (tertiary/aromatic N) is 3. The number of fused-ring (bicyclic) bond motifs is 1. The zero-order valence-corrected chi connectivity index (χ0v) is 11.2. The Bertz CT molecular complexity index is 695. The maximum absolute atomic E-state index is 10.7. The van der Waals surface area contributed by atoms with Crippen LogP contribution < -0.4 is 4.90 Å². The molecule has 0 amide bonds. The Morgan fingerprint density at radius 1 is 1.60 bits per heavy atom. The summed E-state index contributed by atoms with van der Waals surface area (Å²) in [5.41, 5.74) is 1.46. The average molecular weight is 269 g/mol. The lowest BCUT2D eigenvalue weighted by molar-refractivity contribution is -0.131. The molecule has 102 valence electrons. The molecule has 20 heavy (non-hydrogen) atoms. The van der Waals surface area contributed by atoms with E-state index in [2.05, 4.69) is 10.9 Å². The number of anilines is 1. The second kappa shape index (κ2) is 5.93. The van der Waals surface area contributed by atoms with Crippen molar-refractivity contribution in [3.05, 3.63) is 36.2 Å². The first-order valence-corrected chi connectivity index (χ1v) is 6.24. The van der Waals surface area contributed by atoms with Gasteiger partial charge >= 0.3 is 5.97 Å². The van der Waals surface area contributed by atoms with Gasteiger partial charge in [-0.1, -0.05) is 12.0 Å². The monoisotopic (exact) mass is 269 g/mol. The second-order valence-electron chi connectivity index (χ2n) is 4.14. The van der Waals surface area contributed by atoms with Gasteiger partial charge in [0, 0.05) is 18.8 Å². The number of terminal acetylenes is 1. The summed E-state index contributed by atoms with van der Waals surface area (Å²) in [6, 6.07) is 5.62. The normalized spacial score (nSPS) is 10.8. The number of carboxylic acids is 1. The molecule has 0 saturated carbocycles. The van der Waals surface area contributed by atoms with E-state index >= 15 is 0 Å². The molecule has 0 saturated heterocycles. The van der Waals surface area contributed by atoms with Crippen molar-refractivity contribution in [2.24, 2.45) is 0 Å². The van der Waals surface area contributed by atoms with Crippen molar-refractivity contribution >= 4 is 23.5 Å². The fourth-order valence-corrected chi connectivity index (χ4v) is 1.99. The van der Waals surface area contributed by atoms with Crippen LogP contribution in [0.1, 0.15) is 12.6 Å². The summed E-state index contributed by atoms with van der Waals surface area (Å²) in [4.78, 5) is 17.2. The highest BCUT2D eigenvalue weighted by atomic mass is 16.4. The Morgan fingerprint density at radius 2 is 2.40 bits per heavy atom. The third-order valence-corrected chi connectivity index (χ3v) is 2.89. The number of hydrogen-bond donors (Lipinski definition) is 1. The van der Waals surface area contributed by atoms with Crippen LogP contribution in [0.5, 0.6) is 0 Å². The van der Waals surface area contributed by atoms with E-state index in [1.165, 1.54) is 6.08 Å². The molecule has 5 heteroatoms. The molecule has 0 atom stereocenters. The largest absolute Gasteiger partial charge is 0.478 e. The van der Waals surface area contributed by atoms with Gasteiger partial charge in [0.1, 0.15) is 5.65 Å². The van der Waals surface area contributed by atoms with Crippen molar-refractivity contribution in [1.82, 2.24) is 9.38 Å². The molecule has 0 bridgehead atoms. The lowest BCUT2D eigenvalue weighted by Gasteiger charge is -2.18. The summed E-state index contributed by atoms with van der Waals surface area (Å²) in [6.07, 6.45) is 9.85. The van der Waals surface area contributed by atoms with Crippen molar-refractivity contribution in [2.75, 3.05) is 18.0 Å². The van der Waals surface area contributed by atoms with E-state index in [1.807, 2.05) is 40.6 Å². The minimum absolute atomic E-state index is 0.425. The number of hydrogen-bond acceptors (Lipinski definition) is 3. The number of aromatic nitrogens is 2. The van der Waals surface area contributed by atoms with E-state index in [0.29, 0.717) is 24.6 Å². The third-order valence-electron chi connectivity index (χ3n) is 2.89. The van der Waals surface area contributed by atoms with E-state index in [4.69, 9.17) is 11.5 Å². The molecule has 5 nitrogen and oxygen atoms in total. The van der Waals surface area contributed by atoms with Gasteiger partial charge in [0.05, 0.1) is 12.2 Å². The Morgan fingerprint density at radius 3 is 3.05 bits per heavy atom. The number of carbonyl (C=O) groups is 1. The molecule has 0 radical (unpaired) electrons. The van der Waals surface area contributed by atoms with Gasteiger partial charge in [-0.15, -0.1) is 6.42 Å². The first-order chi connectivity index (χ1) is 9.67. The van der Waals surface area contributed by atoms with E-state index in [1.54, 1.807) is 0 Å². The topological polar surface area (TPSA) is 57.8 Å². The molecule has 0 unspecified atom stereocenters. The molecule has 0 spiro atoms. The van der Waals surface area contributed by atoms with Gasteiger partial charge in [0.2, 0.25) is 0 Å². The molecule has 1 N–H and O–H groups in total. The number of pyridine rings is 1. The molecule has 2 aromatic heterocycles. The summed E-state index contributed by atoms with van der Waals surface area (Å²) in [5, 5.41) is 8.81. The van der Waals surface area contributed by atoms with Crippen LogP contribution >= 0.6 is 0 Å². The highest BCUT2D eigenvalue weighted by molar-refractivity contribution is 5.86. The maximum atomic E-state index is 10.7. The predicted octanol–water partition coefficient (Wildman–Crippen LogP) is 1.89. The van der Waals surface area contributed by atoms with Crippen LogP contribution in [0.2, 0.25) is 0 Å². The SMILES string of the molecule is C#CCN(CC)c1nc2ccccn2c1/C=C/C(=O)O. The maximum Gasteiger partial charge on any atom is 0.328 e. The Balaban J connectivity index is 2.60. The van der Waals surface area contributed by atoms with Crippen LogP contribution in [-0.2, 0) is 4.79 Å². The molecule has 2 aromatic rings. The molecule has 0 fully saturated rings. The highest BCUT2D eigenvalue weighted by Gasteiger charge is 2.14. The van der Waals surface area contributed by atoms with Crippen LogP contribution in [0.3, 0.4) is 0 Å². The fraction of sp³-hybridized carbons (Fsp3) is 0.200. The molecule has 0 aliphatic carbocycles. The van der Waals surface area contributed by atoms with Crippen LogP contribution in [0.4, 0.5) is 5.82 Å². The lowest BCUT2D eigenvalue weighted by Crippen LogP contribution is -2.24. The van der Waals surface area contributed by atoms with Gasteiger partial charge in [-0.05, 0) is 25.1 Å². The van der Waals surface area contributed by atoms with Crippen LogP contribution in [0.15, 0.2) is 30.5 Å². The Kier molecular flexibility index (Phi) is 4.06. The minimum atomic E-state index is -0.998. The first kappa shape index (κ1) is 13.7. The third kappa shape index (κ3) is 2.64. The number of carboxylic acid groups (broad SMARTS) is 1. The van der Waals surface area contributed by atoms with Crippen molar-refractivity contribution in [2.45, 2.75) is 6.92 Å². The smallest absolute Gasteiger partial charge is 0.328 e. The zero-order valence-electron chi connectivity index (χ0n) is 11.2. The summed E-state index contributed by atoms with van der Waals surface area (Å²) >= 11 is 0. The average Bonchev–Trinajstić information content (AvgIpc) is 2.81. The van der Waals surface area contributed by atoms with Gasteiger partial charge < -0.3 is 10.0 Å². The predicted molar refractivity (Wildman–Crippen MR) is 78.6 cm³/mol. The Hall–Kier alpha value is -2.74. The highest BCUT2D eigenvalue weighted by Crippen LogP contribution is 2.22. The minimum Gasteiger partial charge on any atom is -0.478 e. The van der Waals surface area contributed by atoms with Crippen molar-refractivity contribution in [3.63, 3.8) is 0 Å². The molecule has 0 aliphatic heterocycles. The number of rotatable bonds is 5. The second-order valence-corrected chi connectivity index (χ2v) is 4.14. The van der Waals surface area contributed by atoms with Crippen molar-refractivity contribution in [1.29, 1.82) is 0 Å². The van der Waals surface area contributed by atoms with Crippen LogP contribution in [0.25, 0.3) is 11.7 Å². The fourth-order valence-electron chi connectivity index (χ4n) is 1.99. The van der Waals surface area contributed by atoms with E-state index < -0.39 is 5.97 Å². The molecular weight excluding hydrogens is 254 g/mol. The van der Waals surface area contributed by atoms with Crippen LogP contribution in [-0.4, -0.2) is 33.6 Å². The zero-order chi connectivity index (χ0) is 14.5. The van der Waals surface area contributed by atoms with E-state index in [9.17, 15) is 4.79 Å². The van der Waals surface area contributed by atoms with E-state index in [0.717, 1.165) is 11.7 Å². The summed E-state index contributed by atoms with van der Waals surface area (Å²) in [7, 11) is 0. The van der Waals surface area contributed by atoms with Crippen LogP contribution in [0, 0.1) is 12.3 Å².